The molecule has 4 aliphatic carbocycles. The van der Waals surface area contributed by atoms with Crippen LogP contribution in [0.4, 0.5) is 4.39 Å². The summed E-state index contributed by atoms with van der Waals surface area (Å²) >= 11 is -1.95. The molecule has 0 saturated heterocycles. The first-order valence-corrected chi connectivity index (χ1v) is 20.9. The third-order valence-corrected chi connectivity index (χ3v) is 16.8. The molecule has 136 valence electrons. The number of fused-ring (bicyclic) bond motifs is 4. The van der Waals surface area contributed by atoms with Gasteiger partial charge in [-0.1, -0.05) is 0 Å². The van der Waals surface area contributed by atoms with Gasteiger partial charge in [0.15, 0.2) is 0 Å². The van der Waals surface area contributed by atoms with E-state index in [1.165, 1.54) is 44.1 Å². The molecule has 5 rings (SSSR count). The van der Waals surface area contributed by atoms with Crippen LogP contribution in [-0.4, -0.2) is 18.4 Å². The number of hydrogen-bond acceptors (Lipinski definition) is 0. The van der Waals surface area contributed by atoms with Crippen LogP contribution in [0.15, 0.2) is 24.3 Å². The monoisotopic (exact) mass is 448 g/mol. The van der Waals surface area contributed by atoms with Gasteiger partial charge in [0.25, 0.3) is 0 Å². The van der Waals surface area contributed by atoms with Gasteiger partial charge < -0.3 is 0 Å². The average molecular weight is 447 g/mol. The fourth-order valence-corrected chi connectivity index (χ4v) is 17.9. The molecule has 0 amide bonds. The summed E-state index contributed by atoms with van der Waals surface area (Å²) in [7, 11) is 0. The maximum atomic E-state index is 14.0. The molecule has 0 unspecified atom stereocenters. The molecule has 4 fully saturated rings. The summed E-state index contributed by atoms with van der Waals surface area (Å²) in [6.07, 6.45) is 8.84. The molecule has 0 N–H and O–H groups in total. The topological polar surface area (TPSA) is 0 Å². The number of halogens is 1. The van der Waals surface area contributed by atoms with Crippen molar-refractivity contribution in [2.24, 2.45) is 35.5 Å². The molecule has 0 nitrogen and oxygen atoms in total. The Morgan fingerprint density at radius 1 is 0.840 bits per heavy atom. The van der Waals surface area contributed by atoms with Crippen LogP contribution in [0.3, 0.4) is 0 Å². The van der Waals surface area contributed by atoms with E-state index in [4.69, 9.17) is 0 Å². The van der Waals surface area contributed by atoms with E-state index < -0.39 is 18.4 Å². The van der Waals surface area contributed by atoms with Crippen molar-refractivity contribution in [3.63, 3.8) is 0 Å². The molecule has 1 aromatic carbocycles. The molecule has 2 heteroatoms. The van der Waals surface area contributed by atoms with E-state index in [2.05, 4.69) is 20.9 Å². The van der Waals surface area contributed by atoms with Gasteiger partial charge in [-0.05, 0) is 0 Å². The predicted octanol–water partition coefficient (Wildman–Crippen LogP) is 6.71. The van der Waals surface area contributed by atoms with Crippen LogP contribution in [0.1, 0.15) is 50.0 Å². The van der Waals surface area contributed by atoms with Gasteiger partial charge in [0.1, 0.15) is 0 Å². The molecule has 8 atom stereocenters. The summed E-state index contributed by atoms with van der Waals surface area (Å²) in [5, 5.41) is 0. The first-order chi connectivity index (χ1) is 11.9. The van der Waals surface area contributed by atoms with Crippen molar-refractivity contribution in [1.82, 2.24) is 0 Å². The van der Waals surface area contributed by atoms with E-state index >= 15 is 0 Å². The van der Waals surface area contributed by atoms with E-state index in [9.17, 15) is 4.39 Å². The number of rotatable bonds is 3. The fourth-order valence-electron chi connectivity index (χ4n) is 8.27. The van der Waals surface area contributed by atoms with E-state index in [1.54, 1.807) is 6.07 Å². The van der Waals surface area contributed by atoms with Crippen LogP contribution in [0, 0.1) is 41.3 Å². The van der Waals surface area contributed by atoms with Crippen LogP contribution < -0.4 is 0 Å². The zero-order valence-corrected chi connectivity index (χ0v) is 18.9. The van der Waals surface area contributed by atoms with Gasteiger partial charge in [0.2, 0.25) is 0 Å². The summed E-state index contributed by atoms with van der Waals surface area (Å²) in [6.45, 7) is 0. The predicted molar refractivity (Wildman–Crippen MR) is 105 cm³/mol. The summed E-state index contributed by atoms with van der Waals surface area (Å²) in [5.74, 6) is 6.33. The normalized spacial score (nSPS) is 45.4. The second-order valence-electron chi connectivity index (χ2n) is 10.8. The van der Waals surface area contributed by atoms with Crippen molar-refractivity contribution < 1.29 is 4.39 Å². The SMILES string of the molecule is [CH3][Sn]([CH3])([CH3])[C@@H]1[C@H]2CC[C@H](C2)[C@@H]1[C@H]1[C@@H]2CC[C@@H](C2)[C@H]1c1cccc(F)c1. The Balaban J connectivity index is 1.55. The van der Waals surface area contributed by atoms with Crippen LogP contribution >= 0.6 is 0 Å². The van der Waals surface area contributed by atoms with E-state index in [0.717, 1.165) is 39.4 Å². The summed E-state index contributed by atoms with van der Waals surface area (Å²) < 4.78 is 15.1. The second-order valence-corrected chi connectivity index (χ2v) is 26.2. The van der Waals surface area contributed by atoms with E-state index in [0.29, 0.717) is 5.92 Å². The molecule has 4 bridgehead atoms. The Labute approximate surface area is 156 Å². The molecular formula is C23H33FSn. The fraction of sp³-hybridized carbons (Fsp3) is 0.739. The molecule has 0 radical (unpaired) electrons. The van der Waals surface area contributed by atoms with Crippen molar-refractivity contribution in [2.45, 2.75) is 63.2 Å². The molecule has 1 aromatic rings. The molecule has 0 aliphatic heterocycles. The van der Waals surface area contributed by atoms with Gasteiger partial charge in [-0.2, -0.15) is 0 Å². The van der Waals surface area contributed by atoms with Crippen LogP contribution in [0.5, 0.6) is 0 Å². The minimum atomic E-state index is -1.95. The van der Waals surface area contributed by atoms with Gasteiger partial charge in [-0.3, -0.25) is 0 Å². The zero-order valence-electron chi connectivity index (χ0n) is 16.0. The summed E-state index contributed by atoms with van der Waals surface area (Å²) in [4.78, 5) is 8.08. The molecule has 25 heavy (non-hydrogen) atoms. The Hall–Kier alpha value is -0.0513. The zero-order chi connectivity index (χ0) is 17.3. The van der Waals surface area contributed by atoms with Crippen molar-refractivity contribution >= 4 is 18.4 Å². The molecular weight excluding hydrogens is 414 g/mol. The molecule has 0 heterocycles. The Morgan fingerprint density at radius 3 is 2.20 bits per heavy atom. The van der Waals surface area contributed by atoms with Crippen molar-refractivity contribution in [3.05, 3.63) is 35.6 Å². The first kappa shape index (κ1) is 17.1. The Morgan fingerprint density at radius 2 is 1.48 bits per heavy atom. The van der Waals surface area contributed by atoms with Crippen LogP contribution in [-0.2, 0) is 0 Å². The van der Waals surface area contributed by atoms with Gasteiger partial charge in [0.05, 0.1) is 0 Å². The summed E-state index contributed by atoms with van der Waals surface area (Å²) in [5.41, 5.74) is 1.34. The van der Waals surface area contributed by atoms with Crippen LogP contribution in [0.2, 0.25) is 18.8 Å². The standard InChI is InChI=1S/C20H24F.3CH3.Sn/c21-17-3-1-2-14(11-17)19-15-6-7-16(10-15)20(19)18-9-12-4-5-13(18)8-12;;;;/h1-3,9,11-13,15-16,18-20H,4-8,10H2;3*1H3;/t12-,13+,15-,16+,18+,19+,20+;;;;/m0..../s1. The number of hydrogen-bond donors (Lipinski definition) is 0. The van der Waals surface area contributed by atoms with Crippen molar-refractivity contribution in [3.8, 4) is 0 Å². The third kappa shape index (κ3) is 2.65. The van der Waals surface area contributed by atoms with Gasteiger partial charge >= 0.3 is 157 Å². The van der Waals surface area contributed by atoms with Crippen LogP contribution in [0.25, 0.3) is 0 Å². The van der Waals surface area contributed by atoms with Gasteiger partial charge in [-0.25, -0.2) is 0 Å². The second kappa shape index (κ2) is 5.97. The molecule has 4 aliphatic rings. The molecule has 0 aromatic heterocycles. The number of benzene rings is 1. The van der Waals surface area contributed by atoms with Gasteiger partial charge in [0, 0.05) is 0 Å². The molecule has 0 spiro atoms. The Bertz CT molecular complexity index is 662. The van der Waals surface area contributed by atoms with Crippen molar-refractivity contribution in [1.29, 1.82) is 0 Å². The van der Waals surface area contributed by atoms with E-state index in [-0.39, 0.29) is 5.82 Å². The average Bonchev–Trinajstić information content (AvgIpc) is 3.31. The van der Waals surface area contributed by atoms with Gasteiger partial charge in [-0.15, -0.1) is 0 Å². The molecule has 4 saturated carbocycles. The summed E-state index contributed by atoms with van der Waals surface area (Å²) in [6, 6.07) is 7.69. The first-order valence-electron chi connectivity index (χ1n) is 10.7. The maximum absolute atomic E-state index is 14.0. The quantitative estimate of drug-likeness (QED) is 0.452. The van der Waals surface area contributed by atoms with Crippen molar-refractivity contribution in [2.75, 3.05) is 0 Å². The Kier molecular flexibility index (Phi) is 4.08. The minimum absolute atomic E-state index is 0.0292. The third-order valence-electron chi connectivity index (χ3n) is 8.64. The van der Waals surface area contributed by atoms with E-state index in [1.807, 2.05) is 12.1 Å².